The predicted molar refractivity (Wildman–Crippen MR) is 116 cm³/mol. The second-order valence-electron chi connectivity index (χ2n) is 9.33. The van der Waals surface area contributed by atoms with E-state index in [0.29, 0.717) is 23.8 Å². The first-order valence-electron chi connectivity index (χ1n) is 11.0. The smallest absolute Gasteiger partial charge is 0.225 e. The zero-order chi connectivity index (χ0) is 17.2. The highest BCUT2D eigenvalue weighted by molar-refractivity contribution is 5.85. The number of piperazine rings is 1. The lowest BCUT2D eigenvalue weighted by molar-refractivity contribution is -0.140. The first-order valence-corrected chi connectivity index (χ1v) is 11.0. The Morgan fingerprint density at radius 2 is 1.41 bits per heavy atom. The monoisotopic (exact) mass is 419 g/mol. The normalized spacial score (nSPS) is 35.1. The van der Waals surface area contributed by atoms with E-state index in [9.17, 15) is 4.79 Å². The fraction of sp³-hybridized carbons (Fsp3) is 0.952. The minimum absolute atomic E-state index is 0. The van der Waals surface area contributed by atoms with Crippen molar-refractivity contribution in [2.75, 3.05) is 32.7 Å². The van der Waals surface area contributed by atoms with Crippen LogP contribution in [0.5, 0.6) is 0 Å². The van der Waals surface area contributed by atoms with E-state index in [1.54, 1.807) is 0 Å². The molecule has 3 aliphatic carbocycles. The number of hydrogen-bond acceptors (Lipinski definition) is 3. The van der Waals surface area contributed by atoms with Crippen LogP contribution in [-0.4, -0.2) is 54.5 Å². The third kappa shape index (κ3) is 5.52. The Labute approximate surface area is 177 Å². The van der Waals surface area contributed by atoms with Gasteiger partial charge in [-0.2, -0.15) is 0 Å². The molecule has 1 saturated heterocycles. The van der Waals surface area contributed by atoms with Crippen LogP contribution in [0, 0.1) is 23.7 Å². The molecule has 2 unspecified atom stereocenters. The second kappa shape index (κ2) is 10.7. The predicted octanol–water partition coefficient (Wildman–Crippen LogP) is 3.71. The van der Waals surface area contributed by atoms with Crippen LogP contribution in [0.15, 0.2) is 0 Å². The molecule has 1 heterocycles. The van der Waals surface area contributed by atoms with Crippen molar-refractivity contribution in [2.45, 2.75) is 70.3 Å². The summed E-state index contributed by atoms with van der Waals surface area (Å²) in [5.74, 6) is 2.83. The molecule has 1 amide bonds. The highest BCUT2D eigenvalue weighted by Crippen LogP contribution is 2.42. The summed E-state index contributed by atoms with van der Waals surface area (Å²) in [6.45, 7) is 5.33. The van der Waals surface area contributed by atoms with Crippen molar-refractivity contribution in [1.29, 1.82) is 0 Å². The Morgan fingerprint density at radius 3 is 2.00 bits per heavy atom. The molecular weight excluding hydrogens is 381 g/mol. The fourth-order valence-electron chi connectivity index (χ4n) is 6.13. The summed E-state index contributed by atoms with van der Waals surface area (Å²) in [5, 5.41) is 0. The molecule has 0 aromatic rings. The van der Waals surface area contributed by atoms with E-state index >= 15 is 0 Å². The molecule has 2 atom stereocenters. The molecule has 0 aromatic heterocycles. The molecule has 4 fully saturated rings. The highest BCUT2D eigenvalue weighted by atomic mass is 35.5. The average Bonchev–Trinajstić information content (AvgIpc) is 2.62. The lowest BCUT2D eigenvalue weighted by Gasteiger charge is -2.45. The van der Waals surface area contributed by atoms with Crippen molar-refractivity contribution < 1.29 is 4.79 Å². The van der Waals surface area contributed by atoms with E-state index in [2.05, 4.69) is 9.80 Å². The largest absolute Gasteiger partial charge is 0.340 e. The summed E-state index contributed by atoms with van der Waals surface area (Å²) in [6.07, 6.45) is 13.1. The fourth-order valence-corrected chi connectivity index (χ4v) is 6.13. The first kappa shape index (κ1) is 23.3. The highest BCUT2D eigenvalue weighted by Gasteiger charge is 2.41. The Kier molecular flexibility index (Phi) is 9.18. The maximum atomic E-state index is 13.1. The number of carbonyl (C=O) groups is 1. The van der Waals surface area contributed by atoms with Gasteiger partial charge >= 0.3 is 0 Å². The van der Waals surface area contributed by atoms with Crippen LogP contribution >= 0.6 is 24.8 Å². The Morgan fingerprint density at radius 1 is 0.815 bits per heavy atom. The topological polar surface area (TPSA) is 49.6 Å². The van der Waals surface area contributed by atoms with Crippen molar-refractivity contribution in [3.63, 3.8) is 0 Å². The van der Waals surface area contributed by atoms with Gasteiger partial charge in [-0.3, -0.25) is 9.69 Å². The second-order valence-corrected chi connectivity index (χ2v) is 9.33. The molecule has 3 saturated carbocycles. The van der Waals surface area contributed by atoms with Gasteiger partial charge in [0.2, 0.25) is 5.91 Å². The number of halogens is 2. The quantitative estimate of drug-likeness (QED) is 0.757. The molecule has 4 rings (SSSR count). The first-order chi connectivity index (χ1) is 12.2. The van der Waals surface area contributed by atoms with Crippen molar-refractivity contribution in [3.8, 4) is 0 Å². The van der Waals surface area contributed by atoms with Crippen molar-refractivity contribution >= 4 is 30.7 Å². The molecule has 27 heavy (non-hydrogen) atoms. The van der Waals surface area contributed by atoms with Crippen molar-refractivity contribution in [3.05, 3.63) is 0 Å². The van der Waals surface area contributed by atoms with Crippen LogP contribution in [0.4, 0.5) is 0 Å². The molecule has 158 valence electrons. The maximum Gasteiger partial charge on any atom is 0.225 e. The maximum absolute atomic E-state index is 13.1. The minimum Gasteiger partial charge on any atom is -0.340 e. The SMILES string of the molecule is Cl.Cl.NC1C2CCCC1CC(C(=O)N1CCN(CC3CCCCC3)CC1)C2. The molecule has 6 heteroatoms. The van der Waals surface area contributed by atoms with E-state index in [4.69, 9.17) is 5.73 Å². The summed E-state index contributed by atoms with van der Waals surface area (Å²) < 4.78 is 0. The summed E-state index contributed by atoms with van der Waals surface area (Å²) in [7, 11) is 0. The average molecular weight is 420 g/mol. The molecule has 2 N–H and O–H groups in total. The summed E-state index contributed by atoms with van der Waals surface area (Å²) >= 11 is 0. The number of fused-ring (bicyclic) bond motifs is 2. The zero-order valence-electron chi connectivity index (χ0n) is 16.7. The number of amides is 1. The molecular formula is C21H39Cl2N3O. The summed E-state index contributed by atoms with van der Waals surface area (Å²) in [5.41, 5.74) is 6.40. The van der Waals surface area contributed by atoms with Gasteiger partial charge in [0.05, 0.1) is 0 Å². The lowest BCUT2D eigenvalue weighted by atomic mass is 9.65. The lowest BCUT2D eigenvalue weighted by Crippen LogP contribution is -2.54. The third-order valence-corrected chi connectivity index (χ3v) is 7.69. The van der Waals surface area contributed by atoms with Gasteiger partial charge in [-0.05, 0) is 56.3 Å². The number of rotatable bonds is 3. The Hall–Kier alpha value is -0.0300. The number of carbonyl (C=O) groups excluding carboxylic acids is 1. The number of hydrogen-bond donors (Lipinski definition) is 1. The van der Waals surface area contributed by atoms with Crippen LogP contribution in [-0.2, 0) is 4.79 Å². The molecule has 1 aliphatic heterocycles. The molecule has 0 spiro atoms. The van der Waals surface area contributed by atoms with Crippen LogP contribution in [0.2, 0.25) is 0 Å². The van der Waals surface area contributed by atoms with Gasteiger partial charge in [-0.1, -0.05) is 25.7 Å². The van der Waals surface area contributed by atoms with Gasteiger partial charge in [0, 0.05) is 44.7 Å². The van der Waals surface area contributed by atoms with Crippen LogP contribution in [0.3, 0.4) is 0 Å². The van der Waals surface area contributed by atoms with Gasteiger partial charge in [0.1, 0.15) is 0 Å². The van der Waals surface area contributed by atoms with E-state index < -0.39 is 0 Å². The number of nitrogens with two attached hydrogens (primary N) is 1. The van der Waals surface area contributed by atoms with E-state index in [-0.39, 0.29) is 30.7 Å². The van der Waals surface area contributed by atoms with E-state index in [0.717, 1.165) is 44.9 Å². The van der Waals surface area contributed by atoms with E-state index in [1.807, 2.05) is 0 Å². The van der Waals surface area contributed by atoms with Gasteiger partial charge in [-0.25, -0.2) is 0 Å². The van der Waals surface area contributed by atoms with Gasteiger partial charge in [0.25, 0.3) is 0 Å². The Balaban J connectivity index is 0.00000131. The molecule has 2 bridgehead atoms. The van der Waals surface area contributed by atoms with E-state index in [1.165, 1.54) is 57.9 Å². The zero-order valence-corrected chi connectivity index (χ0v) is 18.3. The van der Waals surface area contributed by atoms with Gasteiger partial charge < -0.3 is 10.6 Å². The molecule has 4 aliphatic rings. The number of nitrogens with zero attached hydrogens (tertiary/aromatic N) is 2. The third-order valence-electron chi connectivity index (χ3n) is 7.69. The Bertz CT molecular complexity index is 450. The summed E-state index contributed by atoms with van der Waals surface area (Å²) in [6, 6.07) is 0.366. The van der Waals surface area contributed by atoms with Crippen molar-refractivity contribution in [2.24, 2.45) is 29.4 Å². The minimum atomic E-state index is 0. The standard InChI is InChI=1S/C21H37N3O.2ClH/c22-20-17-7-4-8-18(20)14-19(13-17)21(25)24-11-9-23(10-12-24)15-16-5-2-1-3-6-16;;/h16-20H,1-15,22H2;2*1H. The van der Waals surface area contributed by atoms with Crippen LogP contribution in [0.25, 0.3) is 0 Å². The molecule has 4 nitrogen and oxygen atoms in total. The van der Waals surface area contributed by atoms with Gasteiger partial charge in [-0.15, -0.1) is 24.8 Å². The molecule has 0 radical (unpaired) electrons. The van der Waals surface area contributed by atoms with Crippen molar-refractivity contribution in [1.82, 2.24) is 9.80 Å². The van der Waals surface area contributed by atoms with Crippen LogP contribution in [0.1, 0.15) is 64.2 Å². The van der Waals surface area contributed by atoms with Crippen LogP contribution < -0.4 is 5.73 Å². The van der Waals surface area contributed by atoms with Gasteiger partial charge in [0.15, 0.2) is 0 Å². The summed E-state index contributed by atoms with van der Waals surface area (Å²) in [4.78, 5) is 17.8. The molecule has 0 aromatic carbocycles.